The average molecular weight is 414 g/mol. The molecule has 2 aromatic carbocycles. The van der Waals surface area contributed by atoms with Gasteiger partial charge in [-0.25, -0.2) is 0 Å². The number of amides is 3. The molecule has 1 aliphatic heterocycles. The maximum atomic E-state index is 12.7. The summed E-state index contributed by atoms with van der Waals surface area (Å²) in [5.41, 5.74) is 2.38. The van der Waals surface area contributed by atoms with Crippen molar-refractivity contribution < 1.29 is 14.4 Å². The van der Waals surface area contributed by atoms with Crippen molar-refractivity contribution in [1.29, 1.82) is 0 Å². The Bertz CT molecular complexity index is 937. The molecule has 6 nitrogen and oxygen atoms in total. The normalized spacial score (nSPS) is 14.4. The highest BCUT2D eigenvalue weighted by atomic mass is 35.5. The van der Waals surface area contributed by atoms with Crippen LogP contribution in [0.25, 0.3) is 0 Å². The first-order chi connectivity index (χ1) is 13.9. The standard InChI is InChI=1S/C22H24ClN3O3/c1-14-16(21(28)24-2)7-5-9-19(14)25-20(27)15-10-12-26(13-11-15)22(29)17-6-3-4-8-18(17)23/h3-9,15H,10-13H2,1-2H3,(H,24,28)(H,25,27). The number of likely N-dealkylation sites (tertiary alicyclic amines) is 1. The van der Waals surface area contributed by atoms with Crippen LogP contribution in [0.4, 0.5) is 5.69 Å². The smallest absolute Gasteiger partial charge is 0.255 e. The number of piperidine rings is 1. The van der Waals surface area contributed by atoms with Crippen LogP contribution in [0, 0.1) is 12.8 Å². The number of hydrogen-bond acceptors (Lipinski definition) is 3. The average Bonchev–Trinajstić information content (AvgIpc) is 2.74. The van der Waals surface area contributed by atoms with Gasteiger partial charge in [0, 0.05) is 37.3 Å². The van der Waals surface area contributed by atoms with E-state index in [9.17, 15) is 14.4 Å². The first-order valence-electron chi connectivity index (χ1n) is 9.58. The first-order valence-corrected chi connectivity index (χ1v) is 9.96. The summed E-state index contributed by atoms with van der Waals surface area (Å²) in [5.74, 6) is -0.575. The van der Waals surface area contributed by atoms with Crippen molar-refractivity contribution in [2.24, 2.45) is 5.92 Å². The van der Waals surface area contributed by atoms with Crippen molar-refractivity contribution in [3.8, 4) is 0 Å². The molecule has 3 amide bonds. The Hall–Kier alpha value is -2.86. The first kappa shape index (κ1) is 20.9. The molecule has 1 saturated heterocycles. The maximum Gasteiger partial charge on any atom is 0.255 e. The van der Waals surface area contributed by atoms with Gasteiger partial charge in [0.25, 0.3) is 11.8 Å². The summed E-state index contributed by atoms with van der Waals surface area (Å²) in [6.07, 6.45) is 1.16. The fraction of sp³-hybridized carbons (Fsp3) is 0.318. The van der Waals surface area contributed by atoms with Crippen molar-refractivity contribution in [3.63, 3.8) is 0 Å². The second-order valence-corrected chi connectivity index (χ2v) is 7.50. The number of hydrogen-bond donors (Lipinski definition) is 2. The number of halogens is 1. The van der Waals surface area contributed by atoms with Gasteiger partial charge in [-0.05, 0) is 49.6 Å². The minimum absolute atomic E-state index is 0.0907. The highest BCUT2D eigenvalue weighted by Crippen LogP contribution is 2.25. The predicted molar refractivity (Wildman–Crippen MR) is 113 cm³/mol. The van der Waals surface area contributed by atoms with Crippen molar-refractivity contribution in [1.82, 2.24) is 10.2 Å². The van der Waals surface area contributed by atoms with Gasteiger partial charge in [-0.15, -0.1) is 0 Å². The van der Waals surface area contributed by atoms with Gasteiger partial charge in [0.05, 0.1) is 10.6 Å². The number of rotatable bonds is 4. The number of nitrogens with one attached hydrogen (secondary N) is 2. The van der Waals surface area contributed by atoms with Crippen LogP contribution in [-0.2, 0) is 4.79 Å². The Labute approximate surface area is 175 Å². The monoisotopic (exact) mass is 413 g/mol. The zero-order chi connectivity index (χ0) is 21.0. The molecule has 2 aromatic rings. The molecule has 1 fully saturated rings. The lowest BCUT2D eigenvalue weighted by molar-refractivity contribution is -0.121. The summed E-state index contributed by atoms with van der Waals surface area (Å²) in [7, 11) is 1.57. The van der Waals surface area contributed by atoms with Crippen LogP contribution in [0.2, 0.25) is 5.02 Å². The van der Waals surface area contributed by atoms with Gasteiger partial charge < -0.3 is 15.5 Å². The molecule has 1 aliphatic rings. The van der Waals surface area contributed by atoms with Crippen molar-refractivity contribution in [3.05, 3.63) is 64.2 Å². The molecule has 0 saturated carbocycles. The zero-order valence-corrected chi connectivity index (χ0v) is 17.3. The second-order valence-electron chi connectivity index (χ2n) is 7.09. The number of anilines is 1. The molecule has 0 atom stereocenters. The molecule has 0 aromatic heterocycles. The van der Waals surface area contributed by atoms with Gasteiger partial charge in [0.1, 0.15) is 0 Å². The highest BCUT2D eigenvalue weighted by molar-refractivity contribution is 6.33. The van der Waals surface area contributed by atoms with E-state index in [0.29, 0.717) is 47.8 Å². The van der Waals surface area contributed by atoms with Crippen LogP contribution >= 0.6 is 11.6 Å². The van der Waals surface area contributed by atoms with E-state index in [2.05, 4.69) is 10.6 Å². The molecular formula is C22H24ClN3O3. The maximum absolute atomic E-state index is 12.7. The quantitative estimate of drug-likeness (QED) is 0.805. The minimum Gasteiger partial charge on any atom is -0.355 e. The van der Waals surface area contributed by atoms with Gasteiger partial charge in [0.15, 0.2) is 0 Å². The Morgan fingerprint density at radius 1 is 1.00 bits per heavy atom. The lowest BCUT2D eigenvalue weighted by Crippen LogP contribution is -2.41. The van der Waals surface area contributed by atoms with E-state index in [0.717, 1.165) is 5.56 Å². The van der Waals surface area contributed by atoms with Gasteiger partial charge in [-0.1, -0.05) is 29.8 Å². The number of benzene rings is 2. The molecule has 1 heterocycles. The third kappa shape index (κ3) is 4.59. The Morgan fingerprint density at radius 2 is 1.66 bits per heavy atom. The van der Waals surface area contributed by atoms with Gasteiger partial charge in [0.2, 0.25) is 5.91 Å². The summed E-state index contributed by atoms with van der Waals surface area (Å²) in [5, 5.41) is 5.98. The molecular weight excluding hydrogens is 390 g/mol. The van der Waals surface area contributed by atoms with Crippen LogP contribution < -0.4 is 10.6 Å². The highest BCUT2D eigenvalue weighted by Gasteiger charge is 2.29. The molecule has 3 rings (SSSR count). The summed E-state index contributed by atoms with van der Waals surface area (Å²) in [4.78, 5) is 39.1. The van der Waals surface area contributed by atoms with Gasteiger partial charge >= 0.3 is 0 Å². The SMILES string of the molecule is CNC(=O)c1cccc(NC(=O)C2CCN(C(=O)c3ccccc3Cl)CC2)c1C. The fourth-order valence-electron chi connectivity index (χ4n) is 3.54. The minimum atomic E-state index is -0.190. The molecule has 29 heavy (non-hydrogen) atoms. The summed E-state index contributed by atoms with van der Waals surface area (Å²) in [6, 6.07) is 12.2. The molecule has 152 valence electrons. The Balaban J connectivity index is 1.62. The predicted octanol–water partition coefficient (Wildman–Crippen LogP) is 3.50. The van der Waals surface area contributed by atoms with E-state index < -0.39 is 0 Å². The van der Waals surface area contributed by atoms with E-state index in [1.165, 1.54) is 0 Å². The van der Waals surface area contributed by atoms with E-state index in [1.807, 2.05) is 6.92 Å². The lowest BCUT2D eigenvalue weighted by atomic mass is 9.95. The molecule has 7 heteroatoms. The van der Waals surface area contributed by atoms with E-state index in [-0.39, 0.29) is 23.6 Å². The summed E-state index contributed by atoms with van der Waals surface area (Å²) >= 11 is 6.13. The zero-order valence-electron chi connectivity index (χ0n) is 16.5. The number of nitrogens with zero attached hydrogens (tertiary/aromatic N) is 1. The fourth-order valence-corrected chi connectivity index (χ4v) is 3.75. The van der Waals surface area contributed by atoms with E-state index >= 15 is 0 Å². The Kier molecular flexibility index (Phi) is 6.54. The van der Waals surface area contributed by atoms with Crippen LogP contribution in [0.15, 0.2) is 42.5 Å². The van der Waals surface area contributed by atoms with Crippen molar-refractivity contribution in [2.75, 3.05) is 25.5 Å². The Morgan fingerprint density at radius 3 is 2.31 bits per heavy atom. The lowest BCUT2D eigenvalue weighted by Gasteiger charge is -2.31. The molecule has 2 N–H and O–H groups in total. The molecule has 0 unspecified atom stereocenters. The molecule has 0 spiro atoms. The van der Waals surface area contributed by atoms with E-state index in [4.69, 9.17) is 11.6 Å². The largest absolute Gasteiger partial charge is 0.355 e. The van der Waals surface area contributed by atoms with Crippen LogP contribution in [0.5, 0.6) is 0 Å². The third-order valence-electron chi connectivity index (χ3n) is 5.32. The molecule has 0 bridgehead atoms. The van der Waals surface area contributed by atoms with Crippen LogP contribution in [-0.4, -0.2) is 42.8 Å². The van der Waals surface area contributed by atoms with Gasteiger partial charge in [-0.3, -0.25) is 14.4 Å². The molecule has 0 radical (unpaired) electrons. The van der Waals surface area contributed by atoms with Crippen LogP contribution in [0.1, 0.15) is 39.1 Å². The number of carbonyl (C=O) groups excluding carboxylic acids is 3. The van der Waals surface area contributed by atoms with E-state index in [1.54, 1.807) is 54.4 Å². The molecule has 0 aliphatic carbocycles. The third-order valence-corrected chi connectivity index (χ3v) is 5.65. The number of carbonyl (C=O) groups is 3. The summed E-state index contributed by atoms with van der Waals surface area (Å²) < 4.78 is 0. The van der Waals surface area contributed by atoms with Crippen molar-refractivity contribution >= 4 is 35.0 Å². The summed E-state index contributed by atoms with van der Waals surface area (Å²) in [6.45, 7) is 2.81. The second kappa shape index (κ2) is 9.09. The topological polar surface area (TPSA) is 78.5 Å². The van der Waals surface area contributed by atoms with Crippen molar-refractivity contribution in [2.45, 2.75) is 19.8 Å². The van der Waals surface area contributed by atoms with Crippen LogP contribution in [0.3, 0.4) is 0 Å². The van der Waals surface area contributed by atoms with Gasteiger partial charge in [-0.2, -0.15) is 0 Å².